The van der Waals surface area contributed by atoms with E-state index in [0.717, 1.165) is 12.1 Å². The number of hydrogen-bond donors (Lipinski definition) is 1. The van der Waals surface area contributed by atoms with Crippen LogP contribution < -0.4 is 5.32 Å². The van der Waals surface area contributed by atoms with Gasteiger partial charge in [0, 0.05) is 0 Å². The van der Waals surface area contributed by atoms with Crippen molar-refractivity contribution in [2.24, 2.45) is 5.92 Å². The van der Waals surface area contributed by atoms with E-state index in [-0.39, 0.29) is 54.3 Å². The van der Waals surface area contributed by atoms with Crippen molar-refractivity contribution in [3.8, 4) is 0 Å². The first-order valence-electron chi connectivity index (χ1n) is 9.58. The Bertz CT molecular complexity index is 1170. The van der Waals surface area contributed by atoms with E-state index >= 15 is 0 Å². The molecule has 3 rings (SSSR count). The summed E-state index contributed by atoms with van der Waals surface area (Å²) in [4.78, 5) is 40.2. The highest BCUT2D eigenvalue weighted by Crippen LogP contribution is 2.45. The molecule has 1 aliphatic heterocycles. The molecule has 1 N–H and O–H groups in total. The molecule has 0 bridgehead atoms. The van der Waals surface area contributed by atoms with Crippen molar-refractivity contribution in [1.82, 2.24) is 4.90 Å². The Morgan fingerprint density at radius 1 is 0.941 bits per heavy atom. The summed E-state index contributed by atoms with van der Waals surface area (Å²) in [6.07, 6.45) is -4.71. The lowest BCUT2D eigenvalue weighted by Crippen LogP contribution is -2.48. The Morgan fingerprint density at radius 3 is 1.88 bits per heavy atom. The Balaban J connectivity index is 2.04. The third-order valence-corrected chi connectivity index (χ3v) is 7.12. The molecule has 13 heteroatoms. The van der Waals surface area contributed by atoms with E-state index in [0.29, 0.717) is 11.0 Å². The molecule has 1 heterocycles. The van der Waals surface area contributed by atoms with Crippen LogP contribution in [-0.4, -0.2) is 28.7 Å². The lowest BCUT2D eigenvalue weighted by atomic mass is 10.0. The zero-order valence-corrected chi connectivity index (χ0v) is 21.1. The van der Waals surface area contributed by atoms with E-state index in [1.165, 1.54) is 0 Å². The zero-order valence-electron chi connectivity index (χ0n) is 17.3. The summed E-state index contributed by atoms with van der Waals surface area (Å²) in [6.45, 7) is 3.45. The highest BCUT2D eigenvalue weighted by Gasteiger charge is 2.47. The molecular formula is C21H14Cl5F3N2O3. The van der Waals surface area contributed by atoms with Crippen LogP contribution in [0, 0.1) is 5.92 Å². The van der Waals surface area contributed by atoms with Gasteiger partial charge in [-0.1, -0.05) is 71.9 Å². The molecular weight excluding hydrogens is 563 g/mol. The quantitative estimate of drug-likeness (QED) is 0.226. The number of anilines is 1. The average Bonchev–Trinajstić information content (AvgIpc) is 2.99. The van der Waals surface area contributed by atoms with Gasteiger partial charge in [-0.3, -0.25) is 19.3 Å². The number of nitrogens with zero attached hydrogens (tertiary/aromatic N) is 1. The van der Waals surface area contributed by atoms with Gasteiger partial charge in [-0.2, -0.15) is 13.2 Å². The number of nitrogens with one attached hydrogen (secondary N) is 1. The van der Waals surface area contributed by atoms with Crippen LogP contribution in [0.3, 0.4) is 0 Å². The van der Waals surface area contributed by atoms with Crippen molar-refractivity contribution in [2.45, 2.75) is 32.5 Å². The number of benzene rings is 2. The number of alkyl halides is 3. The molecule has 182 valence electrons. The molecule has 1 unspecified atom stereocenters. The fourth-order valence-corrected chi connectivity index (χ4v) is 4.62. The maximum atomic E-state index is 13.2. The molecule has 0 saturated heterocycles. The number of halogens is 8. The monoisotopic (exact) mass is 574 g/mol. The highest BCUT2D eigenvalue weighted by molar-refractivity contribution is 6.55. The lowest BCUT2D eigenvalue weighted by Gasteiger charge is -2.27. The second-order valence-corrected chi connectivity index (χ2v) is 9.73. The standard InChI is InChI=1S/C21H14Cl5F3N2O3/c1-7(2)5-11(18(32)30-10-6-8(21(27,28)29)3-4-9(10)22)31-19(33)12-13(20(31)34)15(24)17(26)16(25)14(12)23/h3-4,6-7,11H,5H2,1-2H3,(H,30,32). The fourth-order valence-electron chi connectivity index (χ4n) is 3.44. The average molecular weight is 577 g/mol. The number of hydrogen-bond acceptors (Lipinski definition) is 3. The first-order valence-corrected chi connectivity index (χ1v) is 11.5. The van der Waals surface area contributed by atoms with Crippen LogP contribution in [0.4, 0.5) is 18.9 Å². The molecule has 2 aromatic rings. The zero-order chi connectivity index (χ0) is 25.7. The molecule has 0 fully saturated rings. The minimum atomic E-state index is -4.68. The van der Waals surface area contributed by atoms with Gasteiger partial charge < -0.3 is 5.32 Å². The van der Waals surface area contributed by atoms with Crippen molar-refractivity contribution >= 4 is 81.4 Å². The maximum absolute atomic E-state index is 13.2. The van der Waals surface area contributed by atoms with Gasteiger partial charge in [0.1, 0.15) is 6.04 Å². The second-order valence-electron chi connectivity index (χ2n) is 7.81. The summed E-state index contributed by atoms with van der Waals surface area (Å²) in [5, 5.41) is 1.02. The fraction of sp³-hybridized carbons (Fsp3) is 0.286. The van der Waals surface area contributed by atoms with Gasteiger partial charge in [0.05, 0.1) is 47.5 Å². The SMILES string of the molecule is CC(C)CC(C(=O)Nc1cc(C(F)(F)F)ccc1Cl)N1C(=O)c2c(Cl)c(Cl)c(Cl)c(Cl)c2C1=O. The Labute approximate surface area is 217 Å². The van der Waals surface area contributed by atoms with Gasteiger partial charge in [0.15, 0.2) is 0 Å². The normalized spacial score (nSPS) is 14.6. The molecule has 0 aromatic heterocycles. The molecule has 0 radical (unpaired) electrons. The highest BCUT2D eigenvalue weighted by atomic mass is 35.5. The molecule has 0 spiro atoms. The van der Waals surface area contributed by atoms with Crippen LogP contribution in [0.15, 0.2) is 18.2 Å². The van der Waals surface area contributed by atoms with Gasteiger partial charge >= 0.3 is 6.18 Å². The minimum absolute atomic E-state index is 0.0232. The molecule has 0 saturated carbocycles. The maximum Gasteiger partial charge on any atom is 0.416 e. The molecule has 1 aliphatic rings. The Morgan fingerprint density at radius 2 is 1.44 bits per heavy atom. The Kier molecular flexibility index (Phi) is 7.70. The van der Waals surface area contributed by atoms with Gasteiger partial charge in [-0.25, -0.2) is 0 Å². The second kappa shape index (κ2) is 9.74. The lowest BCUT2D eigenvalue weighted by molar-refractivity contribution is -0.137. The molecule has 1 atom stereocenters. The van der Waals surface area contributed by atoms with Crippen LogP contribution in [0.25, 0.3) is 0 Å². The summed E-state index contributed by atoms with van der Waals surface area (Å²) in [7, 11) is 0. The minimum Gasteiger partial charge on any atom is -0.323 e. The van der Waals surface area contributed by atoms with E-state index in [4.69, 9.17) is 58.0 Å². The van der Waals surface area contributed by atoms with Crippen molar-refractivity contribution in [1.29, 1.82) is 0 Å². The van der Waals surface area contributed by atoms with Gasteiger partial charge in [-0.05, 0) is 30.5 Å². The molecule has 34 heavy (non-hydrogen) atoms. The van der Waals surface area contributed by atoms with Crippen LogP contribution in [0.5, 0.6) is 0 Å². The molecule has 0 aliphatic carbocycles. The van der Waals surface area contributed by atoms with E-state index in [1.54, 1.807) is 13.8 Å². The molecule has 3 amide bonds. The van der Waals surface area contributed by atoms with Crippen molar-refractivity contribution in [3.63, 3.8) is 0 Å². The predicted octanol–water partition coefficient (Wildman–Crippen LogP) is 7.62. The van der Waals surface area contributed by atoms with Crippen LogP contribution in [0.1, 0.15) is 46.5 Å². The summed E-state index contributed by atoms with van der Waals surface area (Å²) < 4.78 is 39.3. The number of carbonyl (C=O) groups excluding carboxylic acids is 3. The van der Waals surface area contributed by atoms with E-state index in [1.807, 2.05) is 0 Å². The first-order chi connectivity index (χ1) is 15.7. The topological polar surface area (TPSA) is 66.5 Å². The van der Waals surface area contributed by atoms with E-state index < -0.39 is 35.5 Å². The third kappa shape index (κ3) is 4.84. The van der Waals surface area contributed by atoms with Crippen molar-refractivity contribution in [3.05, 3.63) is 60.0 Å². The van der Waals surface area contributed by atoms with E-state index in [2.05, 4.69) is 5.32 Å². The van der Waals surface area contributed by atoms with Crippen LogP contribution in [-0.2, 0) is 11.0 Å². The van der Waals surface area contributed by atoms with Gasteiger partial charge in [-0.15, -0.1) is 0 Å². The van der Waals surface area contributed by atoms with Crippen molar-refractivity contribution in [2.75, 3.05) is 5.32 Å². The summed E-state index contributed by atoms with van der Waals surface area (Å²) in [5.74, 6) is -3.04. The number of rotatable bonds is 5. The number of fused-ring (bicyclic) bond motifs is 1. The van der Waals surface area contributed by atoms with Gasteiger partial charge in [0.2, 0.25) is 5.91 Å². The first kappa shape index (κ1) is 26.9. The largest absolute Gasteiger partial charge is 0.416 e. The van der Waals surface area contributed by atoms with Crippen LogP contribution >= 0.6 is 58.0 Å². The molecule has 2 aromatic carbocycles. The van der Waals surface area contributed by atoms with Crippen LogP contribution in [0.2, 0.25) is 25.1 Å². The summed E-state index contributed by atoms with van der Waals surface area (Å²) in [5.41, 5.74) is -2.01. The number of amides is 3. The van der Waals surface area contributed by atoms with Gasteiger partial charge in [0.25, 0.3) is 11.8 Å². The predicted molar refractivity (Wildman–Crippen MR) is 125 cm³/mol. The van der Waals surface area contributed by atoms with E-state index in [9.17, 15) is 27.6 Å². The smallest absolute Gasteiger partial charge is 0.323 e. The number of carbonyl (C=O) groups is 3. The summed E-state index contributed by atoms with van der Waals surface area (Å²) >= 11 is 30.3. The number of imide groups is 1. The Hall–Kier alpha value is -1.71. The summed E-state index contributed by atoms with van der Waals surface area (Å²) in [6, 6.07) is 0.957. The molecule has 5 nitrogen and oxygen atoms in total. The van der Waals surface area contributed by atoms with Crippen molar-refractivity contribution < 1.29 is 27.6 Å². The third-order valence-electron chi connectivity index (χ3n) is 4.99.